The monoisotopic (exact) mass is 680 g/mol. The average Bonchev–Trinajstić information content (AvgIpc) is 3.23. The van der Waals surface area contributed by atoms with Crippen LogP contribution in [0, 0.1) is 6.92 Å². The summed E-state index contributed by atoms with van der Waals surface area (Å²) in [5.74, 6) is 0. The molecule has 2 nitrogen and oxygen atoms in total. The Morgan fingerprint density at radius 1 is 0.264 bits per heavy atom. The Balaban J connectivity index is 0.981. The maximum atomic E-state index is 2.31. The molecule has 0 aromatic heterocycles. The highest BCUT2D eigenvalue weighted by molar-refractivity contribution is 5.81. The van der Waals surface area contributed by atoms with Crippen LogP contribution in [0.25, 0.3) is 34.4 Å². The van der Waals surface area contributed by atoms with Crippen molar-refractivity contribution in [2.24, 2.45) is 0 Å². The Morgan fingerprint density at radius 2 is 0.528 bits per heavy atom. The molecular weight excluding hydrogens is 641 g/mol. The van der Waals surface area contributed by atoms with Crippen LogP contribution in [0.3, 0.4) is 0 Å². The van der Waals surface area contributed by atoms with Gasteiger partial charge in [0, 0.05) is 34.1 Å². The van der Waals surface area contributed by atoms with Crippen LogP contribution in [0.4, 0.5) is 34.1 Å². The van der Waals surface area contributed by atoms with Crippen molar-refractivity contribution in [3.8, 4) is 22.3 Å². The van der Waals surface area contributed by atoms with Crippen molar-refractivity contribution in [2.75, 3.05) is 9.80 Å². The van der Waals surface area contributed by atoms with Crippen molar-refractivity contribution in [3.63, 3.8) is 0 Å². The molecule has 0 aliphatic rings. The van der Waals surface area contributed by atoms with Gasteiger partial charge in [-0.25, -0.2) is 0 Å². The lowest BCUT2D eigenvalue weighted by atomic mass is 10.0. The molecule has 0 saturated carbocycles. The number of hydrogen-bond acceptors (Lipinski definition) is 2. The minimum absolute atomic E-state index is 1.12. The first-order valence-electron chi connectivity index (χ1n) is 18.1. The first-order valence-corrected chi connectivity index (χ1v) is 18.1. The second-order valence-corrected chi connectivity index (χ2v) is 13.2. The Morgan fingerprint density at radius 3 is 0.925 bits per heavy atom. The molecular formula is C51H40N2. The zero-order valence-electron chi connectivity index (χ0n) is 29.8. The first kappa shape index (κ1) is 33.3. The van der Waals surface area contributed by atoms with E-state index in [1.54, 1.807) is 0 Å². The highest BCUT2D eigenvalue weighted by atomic mass is 15.1. The lowest BCUT2D eigenvalue weighted by Gasteiger charge is -2.26. The minimum atomic E-state index is 1.12. The summed E-state index contributed by atoms with van der Waals surface area (Å²) in [6.07, 6.45) is 4.36. The standard InChI is InChI=1S/C51H40N2/c1-39-17-31-48(32-18-39)53(51-35-27-44(28-36-51)42-11-5-2-6-12-42)49-33-23-41(24-34-49)20-19-40-21-25-43(26-22-40)45-29-37-50(38-30-45)52(46-13-7-3-8-14-46)47-15-9-4-10-16-47/h2-38H,1H3/b20-19+. The van der Waals surface area contributed by atoms with Crippen molar-refractivity contribution in [2.45, 2.75) is 6.92 Å². The van der Waals surface area contributed by atoms with Gasteiger partial charge in [0.2, 0.25) is 0 Å². The fourth-order valence-corrected chi connectivity index (χ4v) is 6.69. The van der Waals surface area contributed by atoms with Crippen LogP contribution in [0.15, 0.2) is 212 Å². The van der Waals surface area contributed by atoms with Crippen LogP contribution in [0.2, 0.25) is 0 Å². The largest absolute Gasteiger partial charge is 0.311 e. The Bertz CT molecular complexity index is 2340. The summed E-state index contributed by atoms with van der Waals surface area (Å²) in [5, 5.41) is 0. The van der Waals surface area contributed by atoms with Gasteiger partial charge in [-0.1, -0.05) is 157 Å². The highest BCUT2D eigenvalue weighted by Gasteiger charge is 2.14. The number of para-hydroxylation sites is 2. The van der Waals surface area contributed by atoms with E-state index in [9.17, 15) is 0 Å². The molecule has 53 heavy (non-hydrogen) atoms. The molecule has 0 aliphatic carbocycles. The number of rotatable bonds is 10. The Kier molecular flexibility index (Phi) is 9.76. The van der Waals surface area contributed by atoms with Gasteiger partial charge in [0.15, 0.2) is 0 Å². The van der Waals surface area contributed by atoms with Gasteiger partial charge in [-0.2, -0.15) is 0 Å². The van der Waals surface area contributed by atoms with Gasteiger partial charge < -0.3 is 9.80 Å². The summed E-state index contributed by atoms with van der Waals surface area (Å²) >= 11 is 0. The lowest BCUT2D eigenvalue weighted by molar-refractivity contribution is 1.27. The van der Waals surface area contributed by atoms with Gasteiger partial charge in [-0.15, -0.1) is 0 Å². The van der Waals surface area contributed by atoms with Crippen LogP contribution >= 0.6 is 0 Å². The van der Waals surface area contributed by atoms with Crippen LogP contribution in [0.5, 0.6) is 0 Å². The summed E-state index contributed by atoms with van der Waals surface area (Å²) in [4.78, 5) is 4.60. The van der Waals surface area contributed by atoms with Crippen LogP contribution in [-0.2, 0) is 0 Å². The number of hydrogen-bond donors (Lipinski definition) is 0. The van der Waals surface area contributed by atoms with Gasteiger partial charge >= 0.3 is 0 Å². The Labute approximate surface area is 313 Å². The van der Waals surface area contributed by atoms with E-state index in [0.717, 1.165) is 45.3 Å². The van der Waals surface area contributed by atoms with Gasteiger partial charge in [0.05, 0.1) is 0 Å². The zero-order chi connectivity index (χ0) is 35.8. The van der Waals surface area contributed by atoms with Gasteiger partial charge in [-0.3, -0.25) is 0 Å². The van der Waals surface area contributed by atoms with E-state index in [0.29, 0.717) is 0 Å². The van der Waals surface area contributed by atoms with Crippen molar-refractivity contribution in [1.29, 1.82) is 0 Å². The molecule has 8 rings (SSSR count). The van der Waals surface area contributed by atoms with Gasteiger partial charge in [0.1, 0.15) is 0 Å². The summed E-state index contributed by atoms with van der Waals surface area (Å²) in [5.41, 5.74) is 15.1. The number of benzene rings is 8. The summed E-state index contributed by atoms with van der Waals surface area (Å²) in [7, 11) is 0. The lowest BCUT2D eigenvalue weighted by Crippen LogP contribution is -2.09. The minimum Gasteiger partial charge on any atom is -0.311 e. The summed E-state index contributed by atoms with van der Waals surface area (Å²) in [6.45, 7) is 2.13. The van der Waals surface area contributed by atoms with Gasteiger partial charge in [-0.05, 0) is 113 Å². The van der Waals surface area contributed by atoms with Crippen LogP contribution in [-0.4, -0.2) is 0 Å². The third-order valence-corrected chi connectivity index (χ3v) is 9.54. The normalized spacial score (nSPS) is 11.0. The maximum absolute atomic E-state index is 2.31. The average molecular weight is 681 g/mol. The number of aryl methyl sites for hydroxylation is 1. The molecule has 0 saturated heterocycles. The van der Waals surface area contributed by atoms with Crippen LogP contribution in [0.1, 0.15) is 16.7 Å². The predicted octanol–water partition coefficient (Wildman–Crippen LogP) is 14.4. The molecule has 0 radical (unpaired) electrons. The molecule has 0 atom stereocenters. The first-order chi connectivity index (χ1) is 26.2. The van der Waals surface area contributed by atoms with E-state index in [4.69, 9.17) is 0 Å². The molecule has 0 heterocycles. The number of nitrogens with zero attached hydrogens (tertiary/aromatic N) is 2. The smallest absolute Gasteiger partial charge is 0.0462 e. The summed E-state index contributed by atoms with van der Waals surface area (Å²) in [6, 6.07) is 75.5. The van der Waals surface area contributed by atoms with Crippen LogP contribution < -0.4 is 9.80 Å². The summed E-state index contributed by atoms with van der Waals surface area (Å²) < 4.78 is 0. The second-order valence-electron chi connectivity index (χ2n) is 13.2. The second kappa shape index (κ2) is 15.6. The SMILES string of the molecule is Cc1ccc(N(c2ccc(/C=C/c3ccc(-c4ccc(N(c5ccccc5)c5ccccc5)cc4)cc3)cc2)c2ccc(-c3ccccc3)cc2)cc1. The molecule has 2 heteroatoms. The quantitative estimate of drug-likeness (QED) is 0.133. The molecule has 0 aliphatic heterocycles. The molecule has 0 N–H and O–H groups in total. The molecule has 0 bridgehead atoms. The number of anilines is 6. The van der Waals surface area contributed by atoms with E-state index in [1.807, 2.05) is 0 Å². The molecule has 0 fully saturated rings. The van der Waals surface area contributed by atoms with Gasteiger partial charge in [0.25, 0.3) is 0 Å². The van der Waals surface area contributed by atoms with Crippen molar-refractivity contribution < 1.29 is 0 Å². The maximum Gasteiger partial charge on any atom is 0.0462 e. The fraction of sp³-hybridized carbons (Fsp3) is 0.0196. The molecule has 0 unspecified atom stereocenters. The molecule has 0 spiro atoms. The third-order valence-electron chi connectivity index (χ3n) is 9.54. The van der Waals surface area contributed by atoms with E-state index in [1.165, 1.54) is 27.8 Å². The van der Waals surface area contributed by atoms with Crippen molar-refractivity contribution in [3.05, 3.63) is 229 Å². The molecule has 254 valence electrons. The van der Waals surface area contributed by atoms with Crippen molar-refractivity contribution >= 4 is 46.3 Å². The molecule has 8 aromatic rings. The predicted molar refractivity (Wildman–Crippen MR) is 227 cm³/mol. The van der Waals surface area contributed by atoms with E-state index >= 15 is 0 Å². The molecule has 0 amide bonds. The Hall–Kier alpha value is -6.90. The fourth-order valence-electron chi connectivity index (χ4n) is 6.69. The van der Waals surface area contributed by atoms with E-state index in [-0.39, 0.29) is 0 Å². The third kappa shape index (κ3) is 7.73. The van der Waals surface area contributed by atoms with Crippen molar-refractivity contribution in [1.82, 2.24) is 0 Å². The van der Waals surface area contributed by atoms with E-state index < -0.39 is 0 Å². The van der Waals surface area contributed by atoms with E-state index in [2.05, 4.69) is 241 Å². The topological polar surface area (TPSA) is 6.48 Å². The zero-order valence-corrected chi connectivity index (χ0v) is 29.8. The highest BCUT2D eigenvalue weighted by Crippen LogP contribution is 2.37. The molecule has 8 aromatic carbocycles.